The highest BCUT2D eigenvalue weighted by atomic mass is 19.4. The Balaban J connectivity index is 2.92. The van der Waals surface area contributed by atoms with Crippen molar-refractivity contribution in [3.05, 3.63) is 35.1 Å². The van der Waals surface area contributed by atoms with Crippen LogP contribution in [0, 0.1) is 11.7 Å². The van der Waals surface area contributed by atoms with Gasteiger partial charge >= 0.3 is 6.18 Å². The van der Waals surface area contributed by atoms with E-state index in [0.717, 1.165) is 31.0 Å². The van der Waals surface area contributed by atoms with Crippen molar-refractivity contribution in [1.29, 1.82) is 0 Å². The Labute approximate surface area is 110 Å². The molecule has 108 valence electrons. The molecule has 2 atom stereocenters. The summed E-state index contributed by atoms with van der Waals surface area (Å²) < 4.78 is 51.3. The van der Waals surface area contributed by atoms with E-state index in [2.05, 4.69) is 0 Å². The number of hydrogen-bond donors (Lipinski definition) is 1. The minimum atomic E-state index is -4.47. The second kappa shape index (κ2) is 6.37. The largest absolute Gasteiger partial charge is 0.416 e. The smallest absolute Gasteiger partial charge is 0.324 e. The summed E-state index contributed by atoms with van der Waals surface area (Å²) in [6.07, 6.45) is -2.10. The Morgan fingerprint density at radius 1 is 1.26 bits per heavy atom. The first-order valence-corrected chi connectivity index (χ1v) is 6.38. The molecule has 19 heavy (non-hydrogen) atoms. The van der Waals surface area contributed by atoms with Gasteiger partial charge in [0.05, 0.1) is 5.56 Å². The summed E-state index contributed by atoms with van der Waals surface area (Å²) in [6.45, 7) is 3.99. The van der Waals surface area contributed by atoms with Crippen LogP contribution in [0.3, 0.4) is 0 Å². The monoisotopic (exact) mass is 277 g/mol. The van der Waals surface area contributed by atoms with Crippen molar-refractivity contribution in [3.8, 4) is 0 Å². The van der Waals surface area contributed by atoms with Gasteiger partial charge in [0.2, 0.25) is 0 Å². The molecule has 0 aliphatic carbocycles. The zero-order chi connectivity index (χ0) is 14.6. The lowest BCUT2D eigenvalue weighted by molar-refractivity contribution is -0.137. The van der Waals surface area contributed by atoms with Gasteiger partial charge in [0.15, 0.2) is 0 Å². The molecule has 0 heterocycles. The predicted octanol–water partition coefficient (Wildman–Crippen LogP) is 4.67. The van der Waals surface area contributed by atoms with E-state index in [0.29, 0.717) is 6.42 Å². The fourth-order valence-corrected chi connectivity index (χ4v) is 2.18. The molecule has 1 rings (SSSR count). The van der Waals surface area contributed by atoms with Gasteiger partial charge in [-0.1, -0.05) is 26.7 Å². The first kappa shape index (κ1) is 16.0. The highest BCUT2D eigenvalue weighted by Crippen LogP contribution is 2.32. The summed E-state index contributed by atoms with van der Waals surface area (Å²) in [5, 5.41) is 0. The molecule has 1 nitrogen and oxygen atoms in total. The summed E-state index contributed by atoms with van der Waals surface area (Å²) in [7, 11) is 0. The third kappa shape index (κ3) is 4.49. The van der Waals surface area contributed by atoms with Gasteiger partial charge in [0.25, 0.3) is 0 Å². The highest BCUT2D eigenvalue weighted by Gasteiger charge is 2.31. The quantitative estimate of drug-likeness (QED) is 0.777. The molecule has 1 aromatic rings. The molecule has 0 saturated carbocycles. The molecule has 1 aromatic carbocycles. The van der Waals surface area contributed by atoms with Crippen molar-refractivity contribution >= 4 is 0 Å². The van der Waals surface area contributed by atoms with Crippen LogP contribution in [0.2, 0.25) is 0 Å². The predicted molar refractivity (Wildman–Crippen MR) is 67.0 cm³/mol. The van der Waals surface area contributed by atoms with E-state index in [9.17, 15) is 17.6 Å². The first-order chi connectivity index (χ1) is 8.75. The van der Waals surface area contributed by atoms with Gasteiger partial charge in [-0.05, 0) is 30.5 Å². The average molecular weight is 277 g/mol. The maximum atomic E-state index is 13.6. The van der Waals surface area contributed by atoms with Gasteiger partial charge in [-0.15, -0.1) is 0 Å². The molecule has 0 spiro atoms. The first-order valence-electron chi connectivity index (χ1n) is 6.38. The van der Waals surface area contributed by atoms with Crippen LogP contribution in [-0.2, 0) is 6.18 Å². The third-order valence-electron chi connectivity index (χ3n) is 3.16. The fraction of sp³-hybridized carbons (Fsp3) is 0.571. The molecule has 0 amide bonds. The van der Waals surface area contributed by atoms with Gasteiger partial charge in [-0.3, -0.25) is 0 Å². The molecule has 0 aromatic heterocycles. The van der Waals surface area contributed by atoms with Crippen molar-refractivity contribution in [2.75, 3.05) is 0 Å². The van der Waals surface area contributed by atoms with Crippen LogP contribution in [-0.4, -0.2) is 0 Å². The fourth-order valence-electron chi connectivity index (χ4n) is 2.18. The summed E-state index contributed by atoms with van der Waals surface area (Å²) >= 11 is 0. The number of nitrogens with two attached hydrogens (primary N) is 1. The Morgan fingerprint density at radius 2 is 1.89 bits per heavy atom. The standard InChI is InChI=1S/C14H19F4N/c1-3-4-9(2)7-13(19)11-8-10(14(16,17)18)5-6-12(11)15/h5-6,8-9,13H,3-4,7,19H2,1-2H3. The molecule has 0 radical (unpaired) electrons. The van der Waals surface area contributed by atoms with Crippen LogP contribution in [0.25, 0.3) is 0 Å². The van der Waals surface area contributed by atoms with Crippen molar-refractivity contribution in [2.24, 2.45) is 11.7 Å². The Kier molecular flexibility index (Phi) is 5.35. The minimum absolute atomic E-state index is 0.0576. The van der Waals surface area contributed by atoms with E-state index >= 15 is 0 Å². The van der Waals surface area contributed by atoms with E-state index < -0.39 is 23.6 Å². The topological polar surface area (TPSA) is 26.0 Å². The SMILES string of the molecule is CCCC(C)CC(N)c1cc(C(F)(F)F)ccc1F. The summed E-state index contributed by atoms with van der Waals surface area (Å²) in [6, 6.07) is 1.69. The molecular formula is C14H19F4N. The zero-order valence-electron chi connectivity index (χ0n) is 11.1. The van der Waals surface area contributed by atoms with Gasteiger partial charge in [0, 0.05) is 11.6 Å². The van der Waals surface area contributed by atoms with E-state index in [-0.39, 0.29) is 11.5 Å². The lowest BCUT2D eigenvalue weighted by Gasteiger charge is -2.19. The summed E-state index contributed by atoms with van der Waals surface area (Å²) in [5.74, 6) is -0.418. The molecule has 0 fully saturated rings. The Bertz CT molecular complexity index is 414. The zero-order valence-corrected chi connectivity index (χ0v) is 11.1. The maximum absolute atomic E-state index is 13.6. The van der Waals surface area contributed by atoms with Crippen LogP contribution >= 0.6 is 0 Å². The van der Waals surface area contributed by atoms with Crippen LogP contribution in [0.1, 0.15) is 50.3 Å². The van der Waals surface area contributed by atoms with Crippen LogP contribution in [0.5, 0.6) is 0 Å². The molecule has 0 aliphatic heterocycles. The molecule has 2 unspecified atom stereocenters. The van der Waals surface area contributed by atoms with Crippen molar-refractivity contribution in [3.63, 3.8) is 0 Å². The molecule has 0 aliphatic rings. The molecule has 5 heteroatoms. The number of rotatable bonds is 5. The lowest BCUT2D eigenvalue weighted by Crippen LogP contribution is -2.17. The second-order valence-corrected chi connectivity index (χ2v) is 4.97. The van der Waals surface area contributed by atoms with Gasteiger partial charge < -0.3 is 5.73 Å². The second-order valence-electron chi connectivity index (χ2n) is 4.97. The summed E-state index contributed by atoms with van der Waals surface area (Å²) in [4.78, 5) is 0. The minimum Gasteiger partial charge on any atom is -0.324 e. The third-order valence-corrected chi connectivity index (χ3v) is 3.16. The van der Waals surface area contributed by atoms with Crippen LogP contribution in [0.4, 0.5) is 17.6 Å². The highest BCUT2D eigenvalue weighted by molar-refractivity contribution is 5.29. The van der Waals surface area contributed by atoms with Crippen molar-refractivity contribution < 1.29 is 17.6 Å². The lowest BCUT2D eigenvalue weighted by atomic mass is 9.92. The number of hydrogen-bond acceptors (Lipinski definition) is 1. The average Bonchev–Trinajstić information content (AvgIpc) is 2.27. The Hall–Kier alpha value is -1.10. The Morgan fingerprint density at radius 3 is 2.42 bits per heavy atom. The van der Waals surface area contributed by atoms with Gasteiger partial charge in [-0.25, -0.2) is 4.39 Å². The number of alkyl halides is 3. The van der Waals surface area contributed by atoms with Crippen LogP contribution in [0.15, 0.2) is 18.2 Å². The molecular weight excluding hydrogens is 258 g/mol. The van der Waals surface area contributed by atoms with Gasteiger partial charge in [-0.2, -0.15) is 13.2 Å². The normalized spacial score (nSPS) is 15.3. The van der Waals surface area contributed by atoms with Crippen molar-refractivity contribution in [1.82, 2.24) is 0 Å². The van der Waals surface area contributed by atoms with E-state index in [1.54, 1.807) is 0 Å². The summed E-state index contributed by atoms with van der Waals surface area (Å²) in [5.41, 5.74) is 4.92. The van der Waals surface area contributed by atoms with Gasteiger partial charge in [0.1, 0.15) is 5.82 Å². The number of benzene rings is 1. The van der Waals surface area contributed by atoms with E-state index in [1.807, 2.05) is 13.8 Å². The molecule has 2 N–H and O–H groups in total. The molecule has 0 saturated heterocycles. The van der Waals surface area contributed by atoms with E-state index in [4.69, 9.17) is 5.73 Å². The number of halogens is 4. The molecule has 0 bridgehead atoms. The maximum Gasteiger partial charge on any atom is 0.416 e. The van der Waals surface area contributed by atoms with E-state index in [1.165, 1.54) is 0 Å². The van der Waals surface area contributed by atoms with Crippen LogP contribution < -0.4 is 5.73 Å². The van der Waals surface area contributed by atoms with Crippen molar-refractivity contribution in [2.45, 2.75) is 45.3 Å².